The van der Waals surface area contributed by atoms with Gasteiger partial charge in [0, 0.05) is 22.5 Å². The third-order valence-electron chi connectivity index (χ3n) is 3.84. The average Bonchev–Trinajstić information content (AvgIpc) is 3.06. The normalized spacial score (nSPS) is 12.3. The molecule has 0 aliphatic carbocycles. The van der Waals surface area contributed by atoms with E-state index in [9.17, 15) is 4.21 Å². The number of methoxy groups -OCH3 is 2. The van der Waals surface area contributed by atoms with Crippen molar-refractivity contribution in [2.45, 2.75) is 51.1 Å². The van der Waals surface area contributed by atoms with Crippen LogP contribution in [0.4, 0.5) is 0 Å². The van der Waals surface area contributed by atoms with Crippen molar-refractivity contribution in [3.05, 3.63) is 41.2 Å². The molecule has 3 rings (SSSR count). The maximum Gasteiger partial charge on any atom is 0.128 e. The van der Waals surface area contributed by atoms with Gasteiger partial charge >= 0.3 is 0 Å². The average molecular weight is 419 g/mol. The minimum Gasteiger partial charge on any atom is -0.497 e. The lowest BCUT2D eigenvalue weighted by atomic mass is 10.1. The maximum absolute atomic E-state index is 12.6. The van der Waals surface area contributed by atoms with E-state index in [1.54, 1.807) is 38.6 Å². The Morgan fingerprint density at radius 3 is 2.41 bits per heavy atom. The molecule has 0 spiro atoms. The number of nitrogens with zero attached hydrogens (tertiary/aromatic N) is 3. The van der Waals surface area contributed by atoms with Gasteiger partial charge in [0.15, 0.2) is 0 Å². The Bertz CT molecular complexity index is 1000. The lowest BCUT2D eigenvalue weighted by Gasteiger charge is -2.12. The van der Waals surface area contributed by atoms with Crippen LogP contribution in [0.1, 0.15) is 37.6 Å². The smallest absolute Gasteiger partial charge is 0.128 e. The number of aromatic nitrogens is 3. The van der Waals surface area contributed by atoms with Gasteiger partial charge in [0.05, 0.1) is 42.0 Å². The highest BCUT2D eigenvalue weighted by Gasteiger charge is 2.12. The molecule has 7 nitrogen and oxygen atoms in total. The van der Waals surface area contributed by atoms with Crippen LogP contribution < -0.4 is 20.2 Å². The fourth-order valence-electron chi connectivity index (χ4n) is 2.55. The molecule has 0 aliphatic heterocycles. The van der Waals surface area contributed by atoms with E-state index in [2.05, 4.69) is 41.5 Å². The second-order valence-electron chi connectivity index (χ2n) is 7.96. The number of benzene rings is 1. The Hall–Kier alpha value is -2.45. The predicted molar refractivity (Wildman–Crippen MR) is 115 cm³/mol. The molecule has 8 heteroatoms. The predicted octanol–water partition coefficient (Wildman–Crippen LogP) is 2.56. The molecule has 158 valence electrons. The standard InChI is InChI=1S/C17H18N3O3S.C4H11N/c1-10-8-18-15(11(2)16(10)23-4)9-24(21)17-19-13-6-5-12(22-3)7-14(13)20-17;1-4(2,3)5/h5-8H,9H2,1-4H3;5H2,1-3H3/q-1;/p+1. The zero-order valence-electron chi connectivity index (χ0n) is 18.2. The number of rotatable bonds is 5. The summed E-state index contributed by atoms with van der Waals surface area (Å²) in [5.41, 5.74) is 7.96. The van der Waals surface area contributed by atoms with Gasteiger partial charge in [-0.15, -0.1) is 0 Å². The number of ether oxygens (including phenoxy) is 2. The van der Waals surface area contributed by atoms with Crippen LogP contribution in [0.3, 0.4) is 0 Å². The molecule has 0 saturated carbocycles. The minimum absolute atomic E-state index is 0.246. The summed E-state index contributed by atoms with van der Waals surface area (Å²) < 4.78 is 23.2. The van der Waals surface area contributed by atoms with E-state index in [1.807, 2.05) is 13.8 Å². The summed E-state index contributed by atoms with van der Waals surface area (Å²) in [4.78, 5) is 13.1. The zero-order chi connectivity index (χ0) is 21.8. The molecule has 1 aromatic carbocycles. The SMILES string of the molecule is CC(C)(C)[NH3+].COc1ccc2[n-]c(S(=O)Cc3ncc(C)c(OC)c3C)nc2c1. The molecule has 0 amide bonds. The van der Waals surface area contributed by atoms with Gasteiger partial charge in [0.25, 0.3) is 0 Å². The second-order valence-corrected chi connectivity index (χ2v) is 9.30. The topological polar surface area (TPSA) is 103 Å². The van der Waals surface area contributed by atoms with Gasteiger partial charge in [-0.1, -0.05) is 6.07 Å². The Balaban J connectivity index is 0.000000537. The molecule has 0 fully saturated rings. The highest BCUT2D eigenvalue weighted by molar-refractivity contribution is 7.84. The highest BCUT2D eigenvalue weighted by atomic mass is 32.2. The number of hydrogen-bond donors (Lipinski definition) is 1. The van der Waals surface area contributed by atoms with E-state index in [4.69, 9.17) is 9.47 Å². The van der Waals surface area contributed by atoms with Crippen molar-refractivity contribution >= 4 is 21.8 Å². The number of fused-ring (bicyclic) bond motifs is 1. The van der Waals surface area contributed by atoms with Crippen molar-refractivity contribution in [2.75, 3.05) is 14.2 Å². The van der Waals surface area contributed by atoms with Gasteiger partial charge in [-0.05, 0) is 57.8 Å². The van der Waals surface area contributed by atoms with Crippen LogP contribution in [-0.4, -0.2) is 33.9 Å². The lowest BCUT2D eigenvalue weighted by Crippen LogP contribution is -2.67. The third kappa shape index (κ3) is 6.27. The maximum atomic E-state index is 12.6. The molecule has 0 bridgehead atoms. The summed E-state index contributed by atoms with van der Waals surface area (Å²) in [5.74, 6) is 1.71. The quantitative estimate of drug-likeness (QED) is 0.683. The summed E-state index contributed by atoms with van der Waals surface area (Å²) in [5, 5.41) is 0.305. The number of hydrogen-bond acceptors (Lipinski definition) is 5. The molecular formula is C21H30N4O3S. The lowest BCUT2D eigenvalue weighted by molar-refractivity contribution is -0.458. The molecule has 3 N–H and O–H groups in total. The second kappa shape index (κ2) is 9.37. The van der Waals surface area contributed by atoms with Crippen molar-refractivity contribution in [2.24, 2.45) is 0 Å². The molecule has 1 atom stereocenters. The molecule has 0 aliphatic rings. The van der Waals surface area contributed by atoms with Gasteiger partial charge in [-0.2, -0.15) is 0 Å². The van der Waals surface area contributed by atoms with Crippen LogP contribution in [-0.2, 0) is 16.6 Å². The van der Waals surface area contributed by atoms with Crippen LogP contribution >= 0.6 is 0 Å². The van der Waals surface area contributed by atoms with Crippen molar-refractivity contribution in [1.29, 1.82) is 0 Å². The van der Waals surface area contributed by atoms with E-state index in [0.29, 0.717) is 21.9 Å². The Labute approximate surface area is 174 Å². The number of aryl methyl sites for hydroxylation is 1. The molecular weight excluding hydrogens is 388 g/mol. The molecule has 0 saturated heterocycles. The first-order chi connectivity index (χ1) is 13.5. The van der Waals surface area contributed by atoms with Crippen LogP contribution in [0.5, 0.6) is 11.5 Å². The van der Waals surface area contributed by atoms with Crippen molar-refractivity contribution in [3.8, 4) is 11.5 Å². The fourth-order valence-corrected chi connectivity index (χ4v) is 3.62. The summed E-state index contributed by atoms with van der Waals surface area (Å²) in [7, 11) is 1.83. The molecule has 2 aromatic heterocycles. The van der Waals surface area contributed by atoms with Crippen molar-refractivity contribution in [3.63, 3.8) is 0 Å². The van der Waals surface area contributed by atoms with Crippen molar-refractivity contribution < 1.29 is 19.4 Å². The molecule has 29 heavy (non-hydrogen) atoms. The van der Waals surface area contributed by atoms with Gasteiger partial charge in [-0.25, -0.2) is 0 Å². The third-order valence-corrected chi connectivity index (χ3v) is 4.96. The van der Waals surface area contributed by atoms with Crippen LogP contribution in [0, 0.1) is 13.8 Å². The van der Waals surface area contributed by atoms with E-state index < -0.39 is 10.8 Å². The summed E-state index contributed by atoms with van der Waals surface area (Å²) in [6, 6.07) is 5.39. The fraction of sp³-hybridized carbons (Fsp3) is 0.429. The number of imidazole rings is 1. The molecule has 3 aromatic rings. The van der Waals surface area contributed by atoms with Gasteiger partial charge < -0.3 is 25.2 Å². The van der Waals surface area contributed by atoms with Crippen LogP contribution in [0.25, 0.3) is 11.0 Å². The first kappa shape index (κ1) is 22.8. The van der Waals surface area contributed by atoms with E-state index in [1.165, 1.54) is 0 Å². The van der Waals surface area contributed by atoms with E-state index in [0.717, 1.165) is 22.6 Å². The monoisotopic (exact) mass is 418 g/mol. The van der Waals surface area contributed by atoms with Crippen molar-refractivity contribution in [1.82, 2.24) is 15.0 Å². The molecule has 0 radical (unpaired) electrons. The minimum atomic E-state index is -1.38. The molecule has 2 heterocycles. The summed E-state index contributed by atoms with van der Waals surface area (Å²) in [6.07, 6.45) is 1.73. The van der Waals surface area contributed by atoms with E-state index >= 15 is 0 Å². The number of quaternary nitrogens is 1. The highest BCUT2D eigenvalue weighted by Crippen LogP contribution is 2.26. The van der Waals surface area contributed by atoms with Gasteiger partial charge in [0.2, 0.25) is 0 Å². The van der Waals surface area contributed by atoms with Crippen LogP contribution in [0.15, 0.2) is 29.6 Å². The van der Waals surface area contributed by atoms with Gasteiger partial charge in [-0.3, -0.25) is 9.19 Å². The van der Waals surface area contributed by atoms with E-state index in [-0.39, 0.29) is 11.3 Å². The zero-order valence-corrected chi connectivity index (χ0v) is 19.0. The largest absolute Gasteiger partial charge is 0.497 e. The summed E-state index contributed by atoms with van der Waals surface area (Å²) >= 11 is 0. The first-order valence-corrected chi connectivity index (χ1v) is 10.6. The Morgan fingerprint density at radius 1 is 1.17 bits per heavy atom. The van der Waals surface area contributed by atoms with Gasteiger partial charge in [0.1, 0.15) is 11.5 Å². The molecule has 1 unspecified atom stereocenters. The van der Waals surface area contributed by atoms with Crippen LogP contribution in [0.2, 0.25) is 0 Å². The Morgan fingerprint density at radius 2 is 1.83 bits per heavy atom. The summed E-state index contributed by atoms with van der Waals surface area (Å²) in [6.45, 7) is 10.1. The first-order valence-electron chi connectivity index (χ1n) is 9.24. The number of pyridine rings is 1. The Kier molecular flexibility index (Phi) is 7.37.